The standard InChI is InChI=1S/C16H21N3O/c1-19(10-12-3-2-8-20-11-12)16-6-7-18-15-9-13(17)4-5-14(15)16/h4-7,9,12H,2-3,8,10-11,17H2,1H3. The number of hydrogen-bond acceptors (Lipinski definition) is 4. The molecule has 1 aliphatic rings. The Bertz CT molecular complexity index is 593. The number of hydrogen-bond donors (Lipinski definition) is 1. The molecule has 2 heterocycles. The third-order valence-electron chi connectivity index (χ3n) is 3.94. The monoisotopic (exact) mass is 271 g/mol. The minimum Gasteiger partial charge on any atom is -0.399 e. The van der Waals surface area contributed by atoms with Crippen molar-refractivity contribution < 1.29 is 4.74 Å². The topological polar surface area (TPSA) is 51.4 Å². The first-order chi connectivity index (χ1) is 9.74. The second kappa shape index (κ2) is 5.67. The van der Waals surface area contributed by atoms with E-state index in [1.807, 2.05) is 18.3 Å². The van der Waals surface area contributed by atoms with Crippen molar-refractivity contribution in [3.05, 3.63) is 30.5 Å². The molecular weight excluding hydrogens is 250 g/mol. The summed E-state index contributed by atoms with van der Waals surface area (Å²) in [5, 5.41) is 1.15. The molecule has 4 heteroatoms. The van der Waals surface area contributed by atoms with E-state index in [0.717, 1.165) is 36.3 Å². The lowest BCUT2D eigenvalue weighted by atomic mass is 10.0. The molecular formula is C16H21N3O. The molecule has 2 aromatic rings. The highest BCUT2D eigenvalue weighted by Crippen LogP contribution is 2.27. The largest absolute Gasteiger partial charge is 0.399 e. The van der Waals surface area contributed by atoms with Gasteiger partial charge in [-0.2, -0.15) is 0 Å². The van der Waals surface area contributed by atoms with Gasteiger partial charge in [-0.25, -0.2) is 0 Å². The second-order valence-corrected chi connectivity index (χ2v) is 5.57. The Morgan fingerprint density at radius 1 is 1.40 bits per heavy atom. The minimum absolute atomic E-state index is 0.616. The lowest BCUT2D eigenvalue weighted by molar-refractivity contribution is 0.0576. The summed E-state index contributed by atoms with van der Waals surface area (Å²) < 4.78 is 5.57. The van der Waals surface area contributed by atoms with Gasteiger partial charge in [-0.05, 0) is 43.0 Å². The van der Waals surface area contributed by atoms with E-state index in [1.54, 1.807) is 0 Å². The molecule has 106 valence electrons. The second-order valence-electron chi connectivity index (χ2n) is 5.57. The number of fused-ring (bicyclic) bond motifs is 1. The fourth-order valence-corrected chi connectivity index (χ4v) is 2.92. The molecule has 1 atom stereocenters. The molecule has 0 spiro atoms. The van der Waals surface area contributed by atoms with Crippen LogP contribution in [-0.2, 0) is 4.74 Å². The number of nitrogens with two attached hydrogens (primary N) is 1. The maximum atomic E-state index is 5.83. The number of benzene rings is 1. The Kier molecular flexibility index (Phi) is 3.74. The number of aromatic nitrogens is 1. The van der Waals surface area contributed by atoms with Crippen LogP contribution in [0.15, 0.2) is 30.5 Å². The highest BCUT2D eigenvalue weighted by atomic mass is 16.5. The Morgan fingerprint density at radius 3 is 3.10 bits per heavy atom. The van der Waals surface area contributed by atoms with Crippen LogP contribution in [0.4, 0.5) is 11.4 Å². The molecule has 0 saturated carbocycles. The third kappa shape index (κ3) is 2.70. The van der Waals surface area contributed by atoms with Crippen molar-refractivity contribution in [2.75, 3.05) is 37.4 Å². The number of rotatable bonds is 3. The summed E-state index contributed by atoms with van der Waals surface area (Å²) in [4.78, 5) is 6.71. The van der Waals surface area contributed by atoms with Crippen LogP contribution in [0.3, 0.4) is 0 Å². The van der Waals surface area contributed by atoms with Gasteiger partial charge >= 0.3 is 0 Å². The SMILES string of the molecule is CN(CC1CCCOC1)c1ccnc2cc(N)ccc12. The van der Waals surface area contributed by atoms with Crippen LogP contribution in [0.1, 0.15) is 12.8 Å². The first-order valence-corrected chi connectivity index (χ1v) is 7.17. The van der Waals surface area contributed by atoms with Gasteiger partial charge in [-0.1, -0.05) is 0 Å². The molecule has 0 amide bonds. The predicted octanol–water partition coefficient (Wildman–Crippen LogP) is 2.68. The van der Waals surface area contributed by atoms with Crippen LogP contribution in [-0.4, -0.2) is 31.8 Å². The fraction of sp³-hybridized carbons (Fsp3) is 0.438. The number of pyridine rings is 1. The quantitative estimate of drug-likeness (QED) is 0.872. The van der Waals surface area contributed by atoms with Crippen molar-refractivity contribution in [1.82, 2.24) is 4.98 Å². The Labute approximate surface area is 119 Å². The van der Waals surface area contributed by atoms with Crippen molar-refractivity contribution >= 4 is 22.3 Å². The summed E-state index contributed by atoms with van der Waals surface area (Å²) >= 11 is 0. The van der Waals surface area contributed by atoms with E-state index in [-0.39, 0.29) is 0 Å². The summed E-state index contributed by atoms with van der Waals surface area (Å²) in [6.07, 6.45) is 4.28. The lowest BCUT2D eigenvalue weighted by Gasteiger charge is -2.29. The predicted molar refractivity (Wildman–Crippen MR) is 83.0 cm³/mol. The first kappa shape index (κ1) is 13.2. The van der Waals surface area contributed by atoms with Crippen LogP contribution in [0.5, 0.6) is 0 Å². The molecule has 1 saturated heterocycles. The summed E-state index contributed by atoms with van der Waals surface area (Å²) in [6, 6.07) is 7.99. The summed E-state index contributed by atoms with van der Waals surface area (Å²) in [7, 11) is 2.14. The molecule has 1 aromatic carbocycles. The molecule has 0 aliphatic carbocycles. The van der Waals surface area contributed by atoms with Crippen molar-refractivity contribution in [2.24, 2.45) is 5.92 Å². The third-order valence-corrected chi connectivity index (χ3v) is 3.94. The maximum absolute atomic E-state index is 5.83. The van der Waals surface area contributed by atoms with Gasteiger partial charge in [0.1, 0.15) is 0 Å². The first-order valence-electron chi connectivity index (χ1n) is 7.17. The molecule has 1 aliphatic heterocycles. The average molecular weight is 271 g/mol. The van der Waals surface area contributed by atoms with Crippen LogP contribution < -0.4 is 10.6 Å². The Balaban J connectivity index is 1.85. The van der Waals surface area contributed by atoms with Gasteiger partial charge in [0, 0.05) is 43.2 Å². The zero-order chi connectivity index (χ0) is 13.9. The zero-order valence-corrected chi connectivity index (χ0v) is 11.9. The van der Waals surface area contributed by atoms with Crippen LogP contribution in [0, 0.1) is 5.92 Å². The molecule has 4 nitrogen and oxygen atoms in total. The summed E-state index contributed by atoms with van der Waals surface area (Å²) in [6.45, 7) is 2.81. The van der Waals surface area contributed by atoms with E-state index in [4.69, 9.17) is 10.5 Å². The molecule has 2 N–H and O–H groups in total. The van der Waals surface area contributed by atoms with Crippen LogP contribution in [0.25, 0.3) is 10.9 Å². The number of anilines is 2. The van der Waals surface area contributed by atoms with E-state index in [9.17, 15) is 0 Å². The summed E-state index contributed by atoms with van der Waals surface area (Å²) in [5.41, 5.74) is 8.75. The Hall–Kier alpha value is -1.81. The molecule has 1 aromatic heterocycles. The van der Waals surface area contributed by atoms with E-state index >= 15 is 0 Å². The smallest absolute Gasteiger partial charge is 0.0743 e. The van der Waals surface area contributed by atoms with Crippen molar-refractivity contribution in [2.45, 2.75) is 12.8 Å². The molecule has 20 heavy (non-hydrogen) atoms. The minimum atomic E-state index is 0.616. The zero-order valence-electron chi connectivity index (χ0n) is 11.9. The van der Waals surface area contributed by atoms with Gasteiger partial charge in [0.25, 0.3) is 0 Å². The number of nitrogen functional groups attached to an aromatic ring is 1. The molecule has 0 bridgehead atoms. The van der Waals surface area contributed by atoms with Crippen molar-refractivity contribution in [3.63, 3.8) is 0 Å². The average Bonchev–Trinajstić information content (AvgIpc) is 2.47. The number of nitrogens with zero attached hydrogens (tertiary/aromatic N) is 2. The van der Waals surface area contributed by atoms with Crippen LogP contribution in [0.2, 0.25) is 0 Å². The highest BCUT2D eigenvalue weighted by Gasteiger charge is 2.17. The molecule has 3 rings (SSSR count). The maximum Gasteiger partial charge on any atom is 0.0743 e. The van der Waals surface area contributed by atoms with Gasteiger partial charge in [0.15, 0.2) is 0 Å². The van der Waals surface area contributed by atoms with E-state index in [1.165, 1.54) is 18.5 Å². The highest BCUT2D eigenvalue weighted by molar-refractivity contribution is 5.93. The fourth-order valence-electron chi connectivity index (χ4n) is 2.92. The van der Waals surface area contributed by atoms with Crippen molar-refractivity contribution in [1.29, 1.82) is 0 Å². The molecule has 1 fully saturated rings. The number of ether oxygens (including phenoxy) is 1. The van der Waals surface area contributed by atoms with Gasteiger partial charge in [0.05, 0.1) is 12.1 Å². The van der Waals surface area contributed by atoms with E-state index in [2.05, 4.69) is 29.1 Å². The van der Waals surface area contributed by atoms with Crippen LogP contribution >= 0.6 is 0 Å². The van der Waals surface area contributed by atoms with Gasteiger partial charge < -0.3 is 15.4 Å². The molecule has 1 unspecified atom stereocenters. The lowest BCUT2D eigenvalue weighted by Crippen LogP contribution is -2.30. The van der Waals surface area contributed by atoms with Gasteiger partial charge in [-0.3, -0.25) is 4.98 Å². The van der Waals surface area contributed by atoms with E-state index in [0.29, 0.717) is 5.92 Å². The molecule has 0 radical (unpaired) electrons. The van der Waals surface area contributed by atoms with Crippen molar-refractivity contribution in [3.8, 4) is 0 Å². The normalized spacial score (nSPS) is 19.1. The van der Waals surface area contributed by atoms with Gasteiger partial charge in [-0.15, -0.1) is 0 Å². The van der Waals surface area contributed by atoms with Gasteiger partial charge in [0.2, 0.25) is 0 Å². The summed E-state index contributed by atoms with van der Waals surface area (Å²) in [5.74, 6) is 0.616. The Morgan fingerprint density at radius 2 is 2.30 bits per heavy atom. The van der Waals surface area contributed by atoms with E-state index < -0.39 is 0 Å².